The number of aliphatic carboxylic acids is 1. The van der Waals surface area contributed by atoms with E-state index in [0.29, 0.717) is 12.3 Å². The Balaban J connectivity index is 1.44. The molecular formula is C19H26N4O3. The number of hydrogen-bond donors (Lipinski definition) is 1. The van der Waals surface area contributed by atoms with Gasteiger partial charge in [0.2, 0.25) is 5.91 Å². The van der Waals surface area contributed by atoms with Crippen LogP contribution < -0.4 is 4.90 Å². The van der Waals surface area contributed by atoms with Crippen molar-refractivity contribution in [2.75, 3.05) is 18.0 Å². The fourth-order valence-electron chi connectivity index (χ4n) is 5.02. The summed E-state index contributed by atoms with van der Waals surface area (Å²) in [7, 11) is 0. The molecule has 1 saturated carbocycles. The second-order valence-electron chi connectivity index (χ2n) is 7.77. The SMILES string of the molecule is O=C(O)[C@@H]1C[C@@H]2CCCC[C@H]2N1C(=O)C1CCN(c2cnccn2)CC1. The van der Waals surface area contributed by atoms with Gasteiger partial charge in [-0.25, -0.2) is 9.78 Å². The lowest BCUT2D eigenvalue weighted by Gasteiger charge is -2.38. The molecule has 1 aromatic heterocycles. The molecule has 3 heterocycles. The number of likely N-dealkylation sites (tertiary alicyclic amines) is 1. The van der Waals surface area contributed by atoms with E-state index in [1.807, 2.05) is 0 Å². The Morgan fingerprint density at radius 3 is 2.54 bits per heavy atom. The molecule has 1 aromatic rings. The van der Waals surface area contributed by atoms with Crippen LogP contribution in [-0.2, 0) is 9.59 Å². The molecule has 0 aromatic carbocycles. The molecule has 0 unspecified atom stereocenters. The van der Waals surface area contributed by atoms with Crippen molar-refractivity contribution in [1.29, 1.82) is 0 Å². The number of carboxylic acid groups (broad SMARTS) is 1. The molecule has 2 saturated heterocycles. The number of aromatic nitrogens is 2. The van der Waals surface area contributed by atoms with E-state index in [0.717, 1.165) is 57.4 Å². The highest BCUT2D eigenvalue weighted by Gasteiger charge is 2.48. The van der Waals surface area contributed by atoms with Crippen LogP contribution in [-0.4, -0.2) is 57.0 Å². The highest BCUT2D eigenvalue weighted by Crippen LogP contribution is 2.41. The molecule has 0 bridgehead atoms. The molecule has 26 heavy (non-hydrogen) atoms. The number of rotatable bonds is 3. The molecule has 2 aliphatic heterocycles. The maximum atomic E-state index is 13.2. The number of fused-ring (bicyclic) bond motifs is 1. The number of carbonyl (C=O) groups excluding carboxylic acids is 1. The van der Waals surface area contributed by atoms with Gasteiger partial charge in [0.15, 0.2) is 0 Å². The van der Waals surface area contributed by atoms with Crippen LogP contribution in [0.2, 0.25) is 0 Å². The second kappa shape index (κ2) is 7.21. The van der Waals surface area contributed by atoms with Crippen molar-refractivity contribution >= 4 is 17.7 Å². The van der Waals surface area contributed by atoms with Crippen molar-refractivity contribution in [1.82, 2.24) is 14.9 Å². The molecule has 3 fully saturated rings. The Hall–Kier alpha value is -2.18. The van der Waals surface area contributed by atoms with Crippen molar-refractivity contribution in [3.05, 3.63) is 18.6 Å². The zero-order chi connectivity index (χ0) is 18.1. The van der Waals surface area contributed by atoms with E-state index in [1.54, 1.807) is 23.5 Å². The smallest absolute Gasteiger partial charge is 0.326 e. The Morgan fingerprint density at radius 1 is 1.08 bits per heavy atom. The molecule has 1 aliphatic carbocycles. The van der Waals surface area contributed by atoms with Crippen LogP contribution in [0.1, 0.15) is 44.9 Å². The number of nitrogens with zero attached hydrogens (tertiary/aromatic N) is 4. The van der Waals surface area contributed by atoms with Crippen LogP contribution >= 0.6 is 0 Å². The summed E-state index contributed by atoms with van der Waals surface area (Å²) in [5.74, 6) is 0.351. The van der Waals surface area contributed by atoms with Gasteiger partial charge in [-0.15, -0.1) is 0 Å². The minimum absolute atomic E-state index is 0.0607. The van der Waals surface area contributed by atoms with Crippen LogP contribution in [0.25, 0.3) is 0 Å². The van der Waals surface area contributed by atoms with E-state index in [4.69, 9.17) is 0 Å². The zero-order valence-corrected chi connectivity index (χ0v) is 15.0. The summed E-state index contributed by atoms with van der Waals surface area (Å²) in [6, 6.07) is -0.496. The van der Waals surface area contributed by atoms with Crippen molar-refractivity contribution < 1.29 is 14.7 Å². The first-order valence-corrected chi connectivity index (χ1v) is 9.71. The summed E-state index contributed by atoms with van der Waals surface area (Å²) < 4.78 is 0. The maximum Gasteiger partial charge on any atom is 0.326 e. The van der Waals surface area contributed by atoms with Gasteiger partial charge < -0.3 is 14.9 Å². The third-order valence-electron chi connectivity index (χ3n) is 6.35. The summed E-state index contributed by atoms with van der Waals surface area (Å²) in [4.78, 5) is 37.3. The van der Waals surface area contributed by atoms with Gasteiger partial charge in [0.25, 0.3) is 0 Å². The van der Waals surface area contributed by atoms with Crippen molar-refractivity contribution in [3.8, 4) is 0 Å². The van der Waals surface area contributed by atoms with Crippen molar-refractivity contribution in [3.63, 3.8) is 0 Å². The Kier molecular flexibility index (Phi) is 4.78. The van der Waals surface area contributed by atoms with E-state index in [1.165, 1.54) is 0 Å². The topological polar surface area (TPSA) is 86.6 Å². The lowest BCUT2D eigenvalue weighted by molar-refractivity contribution is -0.152. The Bertz CT molecular complexity index is 660. The zero-order valence-electron chi connectivity index (χ0n) is 15.0. The van der Waals surface area contributed by atoms with Gasteiger partial charge in [0.1, 0.15) is 11.9 Å². The number of hydrogen-bond acceptors (Lipinski definition) is 5. The van der Waals surface area contributed by atoms with Crippen molar-refractivity contribution in [2.45, 2.75) is 57.0 Å². The number of carboxylic acids is 1. The molecule has 3 aliphatic rings. The average Bonchev–Trinajstić information content (AvgIpc) is 3.08. The number of piperidine rings is 1. The normalized spacial score (nSPS) is 29.5. The molecule has 7 nitrogen and oxygen atoms in total. The first-order valence-electron chi connectivity index (χ1n) is 9.71. The molecule has 0 radical (unpaired) electrons. The van der Waals surface area contributed by atoms with Crippen LogP contribution in [0, 0.1) is 11.8 Å². The summed E-state index contributed by atoms with van der Waals surface area (Å²) in [6.07, 6.45) is 11.5. The predicted octanol–water partition coefficient (Wildman–Crippen LogP) is 1.94. The van der Waals surface area contributed by atoms with Gasteiger partial charge in [0, 0.05) is 37.4 Å². The molecule has 4 rings (SSSR count). The van der Waals surface area contributed by atoms with Crippen LogP contribution in [0.5, 0.6) is 0 Å². The molecule has 1 amide bonds. The van der Waals surface area contributed by atoms with E-state index < -0.39 is 12.0 Å². The summed E-state index contributed by atoms with van der Waals surface area (Å²) in [5.41, 5.74) is 0. The van der Waals surface area contributed by atoms with Crippen LogP contribution in [0.3, 0.4) is 0 Å². The first kappa shape index (κ1) is 17.2. The second-order valence-corrected chi connectivity index (χ2v) is 7.77. The lowest BCUT2D eigenvalue weighted by atomic mass is 9.84. The highest BCUT2D eigenvalue weighted by atomic mass is 16.4. The lowest BCUT2D eigenvalue weighted by Crippen LogP contribution is -2.50. The molecule has 1 N–H and O–H groups in total. The minimum atomic E-state index is -0.843. The van der Waals surface area contributed by atoms with Gasteiger partial charge >= 0.3 is 5.97 Å². The van der Waals surface area contributed by atoms with Gasteiger partial charge in [-0.2, -0.15) is 0 Å². The molecular weight excluding hydrogens is 332 g/mol. The summed E-state index contributed by atoms with van der Waals surface area (Å²) >= 11 is 0. The predicted molar refractivity (Wildman–Crippen MR) is 95.6 cm³/mol. The van der Waals surface area contributed by atoms with E-state index in [2.05, 4.69) is 14.9 Å². The summed E-state index contributed by atoms with van der Waals surface area (Å²) in [5, 5.41) is 9.65. The van der Waals surface area contributed by atoms with Crippen LogP contribution in [0.4, 0.5) is 5.82 Å². The summed E-state index contributed by atoms with van der Waals surface area (Å²) in [6.45, 7) is 1.52. The van der Waals surface area contributed by atoms with Gasteiger partial charge in [-0.1, -0.05) is 12.8 Å². The van der Waals surface area contributed by atoms with E-state index in [-0.39, 0.29) is 17.9 Å². The standard InChI is InChI=1S/C19H26N4O3/c24-18(13-5-9-22(10-6-13)17-12-20-7-8-21-17)23-15-4-2-1-3-14(15)11-16(23)19(25)26/h7-8,12-16H,1-6,9-11H2,(H,25,26)/t14-,15+,16-/m0/s1. The molecule has 140 valence electrons. The Morgan fingerprint density at radius 2 is 1.85 bits per heavy atom. The average molecular weight is 358 g/mol. The largest absolute Gasteiger partial charge is 0.480 e. The minimum Gasteiger partial charge on any atom is -0.480 e. The number of amides is 1. The van der Waals surface area contributed by atoms with E-state index in [9.17, 15) is 14.7 Å². The fourth-order valence-corrected chi connectivity index (χ4v) is 5.02. The van der Waals surface area contributed by atoms with Crippen molar-refractivity contribution in [2.24, 2.45) is 11.8 Å². The van der Waals surface area contributed by atoms with Gasteiger partial charge in [-0.3, -0.25) is 9.78 Å². The van der Waals surface area contributed by atoms with Gasteiger partial charge in [-0.05, 0) is 38.0 Å². The highest BCUT2D eigenvalue weighted by molar-refractivity contribution is 5.86. The quantitative estimate of drug-likeness (QED) is 0.889. The molecule has 0 spiro atoms. The maximum absolute atomic E-state index is 13.2. The Labute approximate surface area is 153 Å². The third-order valence-corrected chi connectivity index (χ3v) is 6.35. The monoisotopic (exact) mass is 358 g/mol. The number of carbonyl (C=O) groups is 2. The van der Waals surface area contributed by atoms with Crippen LogP contribution in [0.15, 0.2) is 18.6 Å². The molecule has 3 atom stereocenters. The fraction of sp³-hybridized carbons (Fsp3) is 0.684. The molecule has 7 heteroatoms. The van der Waals surface area contributed by atoms with Gasteiger partial charge in [0.05, 0.1) is 6.20 Å². The van der Waals surface area contributed by atoms with E-state index >= 15 is 0 Å². The third kappa shape index (κ3) is 3.15. The number of anilines is 1. The first-order chi connectivity index (χ1) is 12.6.